The predicted octanol–water partition coefficient (Wildman–Crippen LogP) is 0.760. The molecule has 2 rings (SSSR count). The lowest BCUT2D eigenvalue weighted by molar-refractivity contribution is 0.860. The largest absolute Gasteiger partial charge is 0.329 e. The summed E-state index contributed by atoms with van der Waals surface area (Å²) in [5.41, 5.74) is -0.0185. The van der Waals surface area contributed by atoms with Crippen LogP contribution in [-0.4, -0.2) is 9.55 Å². The van der Waals surface area contributed by atoms with E-state index in [-0.39, 0.29) is 11.1 Å². The van der Waals surface area contributed by atoms with Gasteiger partial charge in [0.1, 0.15) is 0 Å². The topological polar surface area (TPSA) is 54.9 Å². The van der Waals surface area contributed by atoms with Crippen LogP contribution < -0.4 is 11.1 Å². The highest BCUT2D eigenvalue weighted by atomic mass is 16.1. The molecule has 4 nitrogen and oxygen atoms in total. The molecule has 0 aromatic carbocycles. The van der Waals surface area contributed by atoms with Crippen LogP contribution >= 0.6 is 0 Å². The van der Waals surface area contributed by atoms with Crippen LogP contribution in [0, 0.1) is 0 Å². The minimum atomic E-state index is -0.0532. The third-order valence-corrected chi connectivity index (χ3v) is 1.69. The molecule has 0 unspecified atom stereocenters. The summed E-state index contributed by atoms with van der Waals surface area (Å²) in [7, 11) is 1.72. The first-order valence-electron chi connectivity index (χ1n) is 4.45. The van der Waals surface area contributed by atoms with E-state index >= 15 is 0 Å². The summed E-state index contributed by atoms with van der Waals surface area (Å²) in [5, 5.41) is 0. The molecule has 15 heavy (non-hydrogen) atoms. The fraction of sp³-hybridized carbons (Fsp3) is 0.0909. The van der Waals surface area contributed by atoms with Gasteiger partial charge in [-0.05, 0) is 12.1 Å². The Labute approximate surface area is 86.8 Å². The van der Waals surface area contributed by atoms with Crippen LogP contribution in [0.2, 0.25) is 0 Å². The first kappa shape index (κ1) is 11.0. The molecule has 0 amide bonds. The summed E-state index contributed by atoms with van der Waals surface area (Å²) in [5.74, 6) is 0. The zero-order valence-electron chi connectivity index (χ0n) is 8.38. The highest BCUT2D eigenvalue weighted by molar-refractivity contribution is 4.91. The fourth-order valence-electron chi connectivity index (χ4n) is 0.885. The van der Waals surface area contributed by atoms with Crippen LogP contribution in [0.1, 0.15) is 0 Å². The maximum atomic E-state index is 10.6. The van der Waals surface area contributed by atoms with Crippen molar-refractivity contribution in [1.29, 1.82) is 0 Å². The SMILES string of the molecule is Cn1ccccc1=O.O=c1cccc[nH]1. The van der Waals surface area contributed by atoms with Gasteiger partial charge in [-0.1, -0.05) is 12.1 Å². The van der Waals surface area contributed by atoms with E-state index in [2.05, 4.69) is 4.98 Å². The number of pyridine rings is 2. The minimum absolute atomic E-state index is 0.0347. The second-order valence-corrected chi connectivity index (χ2v) is 2.88. The Balaban J connectivity index is 0.000000151. The van der Waals surface area contributed by atoms with Crippen molar-refractivity contribution in [2.45, 2.75) is 0 Å². The lowest BCUT2D eigenvalue weighted by Crippen LogP contribution is -2.12. The van der Waals surface area contributed by atoms with Gasteiger partial charge in [-0.2, -0.15) is 0 Å². The molecule has 0 radical (unpaired) electrons. The Kier molecular flexibility index (Phi) is 4.09. The molecule has 0 bridgehead atoms. The molecule has 0 aliphatic heterocycles. The van der Waals surface area contributed by atoms with Gasteiger partial charge in [-0.25, -0.2) is 0 Å². The van der Waals surface area contributed by atoms with E-state index in [1.165, 1.54) is 16.7 Å². The number of aromatic amines is 1. The summed E-state index contributed by atoms with van der Waals surface area (Å²) in [6.07, 6.45) is 3.32. The van der Waals surface area contributed by atoms with Gasteiger partial charge < -0.3 is 9.55 Å². The van der Waals surface area contributed by atoms with Crippen LogP contribution in [-0.2, 0) is 7.05 Å². The minimum Gasteiger partial charge on any atom is -0.329 e. The third-order valence-electron chi connectivity index (χ3n) is 1.69. The Hall–Kier alpha value is -2.10. The molecule has 4 heteroatoms. The van der Waals surface area contributed by atoms with E-state index in [0.717, 1.165) is 0 Å². The van der Waals surface area contributed by atoms with Crippen LogP contribution in [0.15, 0.2) is 58.4 Å². The Morgan fingerprint density at radius 3 is 2.13 bits per heavy atom. The molecule has 0 fully saturated rings. The zero-order valence-corrected chi connectivity index (χ0v) is 8.38. The average Bonchev–Trinajstić information content (AvgIpc) is 2.25. The summed E-state index contributed by atoms with van der Waals surface area (Å²) < 4.78 is 1.53. The summed E-state index contributed by atoms with van der Waals surface area (Å²) in [6.45, 7) is 0. The summed E-state index contributed by atoms with van der Waals surface area (Å²) in [4.78, 5) is 23.3. The summed E-state index contributed by atoms with van der Waals surface area (Å²) >= 11 is 0. The van der Waals surface area contributed by atoms with Crippen LogP contribution in [0.3, 0.4) is 0 Å². The number of hydrogen-bond donors (Lipinski definition) is 1. The molecule has 2 aromatic heterocycles. The van der Waals surface area contributed by atoms with E-state index < -0.39 is 0 Å². The van der Waals surface area contributed by atoms with Crippen LogP contribution in [0.4, 0.5) is 0 Å². The van der Waals surface area contributed by atoms with Crippen molar-refractivity contribution in [3.05, 3.63) is 69.5 Å². The molecule has 0 aliphatic carbocycles. The predicted molar refractivity (Wildman–Crippen MR) is 58.7 cm³/mol. The van der Waals surface area contributed by atoms with Crippen molar-refractivity contribution in [2.75, 3.05) is 0 Å². The number of nitrogens with one attached hydrogen (secondary N) is 1. The smallest absolute Gasteiger partial charge is 0.250 e. The standard InChI is InChI=1S/C6H7NO.C5H5NO/c1-7-5-3-2-4-6(7)8;7-5-3-1-2-4-6-5/h2-5H,1H3;1-4H,(H,6,7). The van der Waals surface area contributed by atoms with Gasteiger partial charge in [0.25, 0.3) is 0 Å². The molecule has 78 valence electrons. The van der Waals surface area contributed by atoms with E-state index in [0.29, 0.717) is 0 Å². The van der Waals surface area contributed by atoms with Crippen LogP contribution in [0.5, 0.6) is 0 Å². The molecule has 0 saturated carbocycles. The van der Waals surface area contributed by atoms with Gasteiger partial charge in [0.15, 0.2) is 0 Å². The zero-order chi connectivity index (χ0) is 11.1. The molecule has 0 spiro atoms. The van der Waals surface area contributed by atoms with E-state index in [1.807, 2.05) is 6.07 Å². The van der Waals surface area contributed by atoms with Crippen molar-refractivity contribution in [3.8, 4) is 0 Å². The highest BCUT2D eigenvalue weighted by Crippen LogP contribution is 1.73. The third kappa shape index (κ3) is 4.08. The highest BCUT2D eigenvalue weighted by Gasteiger charge is 1.79. The Bertz CT molecular complexity index is 496. The van der Waals surface area contributed by atoms with E-state index in [4.69, 9.17) is 0 Å². The molecule has 1 N–H and O–H groups in total. The van der Waals surface area contributed by atoms with Gasteiger partial charge in [0.2, 0.25) is 11.1 Å². The number of nitrogens with zero attached hydrogens (tertiary/aromatic N) is 1. The first-order chi connectivity index (χ1) is 7.20. The number of rotatable bonds is 0. The Morgan fingerprint density at radius 1 is 1.07 bits per heavy atom. The number of hydrogen-bond acceptors (Lipinski definition) is 2. The normalized spacial score (nSPS) is 8.87. The number of H-pyrrole nitrogens is 1. The number of aromatic nitrogens is 2. The van der Waals surface area contributed by atoms with Gasteiger partial charge in [0, 0.05) is 31.6 Å². The molecule has 2 aromatic rings. The van der Waals surface area contributed by atoms with Gasteiger partial charge in [0.05, 0.1) is 0 Å². The van der Waals surface area contributed by atoms with E-state index in [1.54, 1.807) is 37.6 Å². The van der Waals surface area contributed by atoms with Gasteiger partial charge >= 0.3 is 0 Å². The fourth-order valence-corrected chi connectivity index (χ4v) is 0.885. The Morgan fingerprint density at radius 2 is 1.80 bits per heavy atom. The lowest BCUT2D eigenvalue weighted by atomic mass is 10.5. The van der Waals surface area contributed by atoms with Crippen molar-refractivity contribution in [2.24, 2.45) is 7.05 Å². The quantitative estimate of drug-likeness (QED) is 0.688. The molecule has 0 atom stereocenters. The van der Waals surface area contributed by atoms with Crippen molar-refractivity contribution >= 4 is 0 Å². The number of aryl methyl sites for hydroxylation is 1. The second kappa shape index (κ2) is 5.59. The maximum Gasteiger partial charge on any atom is 0.250 e. The first-order valence-corrected chi connectivity index (χ1v) is 4.45. The van der Waals surface area contributed by atoms with Gasteiger partial charge in [-0.3, -0.25) is 9.59 Å². The second-order valence-electron chi connectivity index (χ2n) is 2.88. The van der Waals surface area contributed by atoms with Crippen molar-refractivity contribution < 1.29 is 0 Å². The monoisotopic (exact) mass is 204 g/mol. The van der Waals surface area contributed by atoms with Crippen molar-refractivity contribution in [3.63, 3.8) is 0 Å². The summed E-state index contributed by atoms with van der Waals surface area (Å²) in [6, 6.07) is 10.0. The molecular formula is C11H12N2O2. The molecular weight excluding hydrogens is 192 g/mol. The molecule has 0 saturated heterocycles. The van der Waals surface area contributed by atoms with E-state index in [9.17, 15) is 9.59 Å². The maximum absolute atomic E-state index is 10.6. The lowest BCUT2D eigenvalue weighted by Gasteiger charge is -1.89. The molecule has 2 heterocycles. The van der Waals surface area contributed by atoms with Crippen molar-refractivity contribution in [1.82, 2.24) is 9.55 Å². The van der Waals surface area contributed by atoms with Crippen LogP contribution in [0.25, 0.3) is 0 Å². The average molecular weight is 204 g/mol. The molecule has 0 aliphatic rings. The van der Waals surface area contributed by atoms with Gasteiger partial charge in [-0.15, -0.1) is 0 Å².